The minimum atomic E-state index is -5.26. The summed E-state index contributed by atoms with van der Waals surface area (Å²) in [5, 5.41) is 2.96. The van der Waals surface area contributed by atoms with Crippen LogP contribution in [0.3, 0.4) is 0 Å². The van der Waals surface area contributed by atoms with Gasteiger partial charge in [0.05, 0.1) is 37.1 Å². The topological polar surface area (TPSA) is 124 Å². The molecular formula is C52H58F7N7O6. The number of hydrogen-bond acceptors (Lipinski definition) is 12. The summed E-state index contributed by atoms with van der Waals surface area (Å²) in [6.45, 7) is 5.72. The van der Waals surface area contributed by atoms with E-state index in [1.807, 2.05) is 4.90 Å². The molecule has 1 N–H and O–H groups in total. The first kappa shape index (κ1) is 50.6. The van der Waals surface area contributed by atoms with Crippen LogP contribution in [0.15, 0.2) is 54.6 Å². The summed E-state index contributed by atoms with van der Waals surface area (Å²) in [4.78, 5) is 32.4. The van der Waals surface area contributed by atoms with Crippen LogP contribution >= 0.6 is 0 Å². The van der Waals surface area contributed by atoms with E-state index in [1.165, 1.54) is 24.0 Å². The van der Waals surface area contributed by atoms with E-state index in [0.717, 1.165) is 19.4 Å². The quantitative estimate of drug-likeness (QED) is 0.120. The number of aromatic nitrogens is 3. The second-order valence-electron chi connectivity index (χ2n) is 20.1. The highest BCUT2D eigenvalue weighted by molar-refractivity contribution is 5.97. The minimum Gasteiger partial charge on any atom is -0.497 e. The minimum absolute atomic E-state index is 0.0165. The maximum absolute atomic E-state index is 18.0. The van der Waals surface area contributed by atoms with Crippen LogP contribution < -0.4 is 29.2 Å². The average molecular weight is 1010 g/mol. The number of ether oxygens (including phenoxy) is 5. The fourth-order valence-corrected chi connectivity index (χ4v) is 10.7. The average Bonchev–Trinajstić information content (AvgIpc) is 4.01. The van der Waals surface area contributed by atoms with Gasteiger partial charge in [0.1, 0.15) is 70.9 Å². The SMILES string of the molecule is COc1ccc(CN(Cc2ccc(OC)cc2)c2cc(-c3nc4c5c(nc(OC[C@@]67CCCN6C[C@H](F)C7)nc5c3F)NC[C@H]3CC[C@@H](CC(CF)O4)N3C(=O)OC(C)(C)C)c(C(F)(F)F)c(C)c2F)cc1. The monoisotopic (exact) mass is 1010 g/mol. The fraction of sp³-hybridized carbons (Fsp3) is 0.500. The number of amides is 1. The van der Waals surface area contributed by atoms with Gasteiger partial charge in [-0.05, 0) is 107 Å². The van der Waals surface area contributed by atoms with Crippen molar-refractivity contribution in [1.29, 1.82) is 0 Å². The highest BCUT2D eigenvalue weighted by Gasteiger charge is 2.50. The molecule has 3 saturated heterocycles. The molecule has 6 heterocycles. The Morgan fingerprint density at radius 3 is 2.19 bits per heavy atom. The Balaban J connectivity index is 1.23. The highest BCUT2D eigenvalue weighted by atomic mass is 19.4. The summed E-state index contributed by atoms with van der Waals surface area (Å²) in [5.74, 6) is -2.12. The first-order valence-electron chi connectivity index (χ1n) is 24.1. The normalized spacial score (nSPS) is 22.2. The van der Waals surface area contributed by atoms with E-state index in [9.17, 15) is 9.18 Å². The molecule has 5 atom stereocenters. The largest absolute Gasteiger partial charge is 0.497 e. The van der Waals surface area contributed by atoms with Crippen molar-refractivity contribution in [2.24, 2.45) is 0 Å². The summed E-state index contributed by atoms with van der Waals surface area (Å²) in [6, 6.07) is 13.1. The molecule has 0 aliphatic carbocycles. The van der Waals surface area contributed by atoms with E-state index in [2.05, 4.69) is 20.3 Å². The molecule has 0 radical (unpaired) electrons. The maximum Gasteiger partial charge on any atom is 0.417 e. The lowest BCUT2D eigenvalue weighted by atomic mass is 9.95. The van der Waals surface area contributed by atoms with Crippen LogP contribution in [0.5, 0.6) is 23.4 Å². The number of benzene rings is 3. The molecule has 72 heavy (non-hydrogen) atoms. The maximum atomic E-state index is 18.0. The molecule has 386 valence electrons. The van der Waals surface area contributed by atoms with Gasteiger partial charge in [0.2, 0.25) is 5.88 Å². The van der Waals surface area contributed by atoms with Gasteiger partial charge in [-0.1, -0.05) is 24.3 Å². The molecule has 1 unspecified atom stereocenters. The number of fused-ring (bicyclic) bond motifs is 3. The molecule has 9 rings (SSSR count). The molecule has 1 amide bonds. The molecule has 2 bridgehead atoms. The number of hydrogen-bond donors (Lipinski definition) is 1. The molecule has 5 aromatic rings. The van der Waals surface area contributed by atoms with Crippen LogP contribution in [0.4, 0.5) is 47.0 Å². The number of anilines is 2. The van der Waals surface area contributed by atoms with Crippen molar-refractivity contribution >= 4 is 28.5 Å². The predicted molar refractivity (Wildman–Crippen MR) is 255 cm³/mol. The van der Waals surface area contributed by atoms with Crippen LogP contribution in [-0.4, -0.2) is 113 Å². The highest BCUT2D eigenvalue weighted by Crippen LogP contribution is 2.47. The van der Waals surface area contributed by atoms with Gasteiger partial charge in [-0.15, -0.1) is 0 Å². The van der Waals surface area contributed by atoms with Gasteiger partial charge in [0.25, 0.3) is 0 Å². The third kappa shape index (κ3) is 10.2. The smallest absolute Gasteiger partial charge is 0.417 e. The van der Waals surface area contributed by atoms with Gasteiger partial charge in [0.15, 0.2) is 5.82 Å². The first-order valence-corrected chi connectivity index (χ1v) is 24.1. The summed E-state index contributed by atoms with van der Waals surface area (Å²) in [7, 11) is 3.00. The Morgan fingerprint density at radius 2 is 1.58 bits per heavy atom. The summed E-state index contributed by atoms with van der Waals surface area (Å²) in [5.41, 5.74) is -5.30. The number of carbonyl (C=O) groups excluding carboxylic acids is 1. The molecule has 4 aliphatic rings. The van der Waals surface area contributed by atoms with Crippen molar-refractivity contribution in [3.05, 3.63) is 88.5 Å². The van der Waals surface area contributed by atoms with Gasteiger partial charge in [-0.25, -0.2) is 27.3 Å². The number of halogens is 7. The Bertz CT molecular complexity index is 2750. The molecule has 0 saturated carbocycles. The van der Waals surface area contributed by atoms with Crippen LogP contribution in [0.1, 0.15) is 81.5 Å². The van der Waals surface area contributed by atoms with E-state index in [-0.39, 0.29) is 62.5 Å². The summed E-state index contributed by atoms with van der Waals surface area (Å²) >= 11 is 0. The van der Waals surface area contributed by atoms with Crippen molar-refractivity contribution in [2.75, 3.05) is 57.4 Å². The molecule has 3 fully saturated rings. The zero-order valence-electron chi connectivity index (χ0n) is 41.0. The summed E-state index contributed by atoms with van der Waals surface area (Å²) < 4.78 is 141. The van der Waals surface area contributed by atoms with E-state index in [1.54, 1.807) is 69.3 Å². The van der Waals surface area contributed by atoms with E-state index in [4.69, 9.17) is 23.7 Å². The van der Waals surface area contributed by atoms with Gasteiger partial charge >= 0.3 is 18.3 Å². The predicted octanol–water partition coefficient (Wildman–Crippen LogP) is 10.8. The lowest BCUT2D eigenvalue weighted by Gasteiger charge is -2.33. The molecule has 20 heteroatoms. The third-order valence-corrected chi connectivity index (χ3v) is 14.1. The van der Waals surface area contributed by atoms with Crippen molar-refractivity contribution in [3.63, 3.8) is 0 Å². The second kappa shape index (κ2) is 19.9. The number of carbonyl (C=O) groups is 1. The Kier molecular flexibility index (Phi) is 14.0. The van der Waals surface area contributed by atoms with E-state index in [0.29, 0.717) is 48.4 Å². The van der Waals surface area contributed by atoms with Gasteiger partial charge in [-0.2, -0.15) is 23.1 Å². The number of methoxy groups -OCH3 is 2. The number of alkyl halides is 5. The van der Waals surface area contributed by atoms with Crippen molar-refractivity contribution in [3.8, 4) is 34.6 Å². The van der Waals surface area contributed by atoms with Crippen LogP contribution in [0, 0.1) is 18.6 Å². The van der Waals surface area contributed by atoms with Crippen molar-refractivity contribution in [2.45, 2.75) is 121 Å². The van der Waals surface area contributed by atoms with E-state index >= 15 is 26.3 Å². The Morgan fingerprint density at radius 1 is 0.931 bits per heavy atom. The van der Waals surface area contributed by atoms with Crippen LogP contribution in [0.25, 0.3) is 22.2 Å². The molecule has 13 nitrogen and oxygen atoms in total. The Hall–Kier alpha value is -6.31. The first-order chi connectivity index (χ1) is 34.3. The second-order valence-corrected chi connectivity index (χ2v) is 20.1. The number of nitrogens with one attached hydrogen (secondary N) is 1. The van der Waals surface area contributed by atoms with Crippen molar-refractivity contribution in [1.82, 2.24) is 24.8 Å². The molecule has 0 spiro atoms. The molecule has 2 aromatic heterocycles. The van der Waals surface area contributed by atoms with Crippen LogP contribution in [0.2, 0.25) is 0 Å². The van der Waals surface area contributed by atoms with Gasteiger partial charge < -0.3 is 38.8 Å². The van der Waals surface area contributed by atoms with Gasteiger partial charge in [0, 0.05) is 50.6 Å². The summed E-state index contributed by atoms with van der Waals surface area (Å²) in [6.07, 6.45) is -6.00. The lowest BCUT2D eigenvalue weighted by Crippen LogP contribution is -2.47. The number of pyridine rings is 1. The van der Waals surface area contributed by atoms with Gasteiger partial charge in [-0.3, -0.25) is 4.90 Å². The molecular weight excluding hydrogens is 952 g/mol. The number of rotatable bonds is 12. The van der Waals surface area contributed by atoms with E-state index < -0.39 is 106 Å². The Labute approximate surface area is 412 Å². The van der Waals surface area contributed by atoms with Crippen LogP contribution in [-0.2, 0) is 24.0 Å². The zero-order valence-corrected chi connectivity index (χ0v) is 41.0. The van der Waals surface area contributed by atoms with Crippen molar-refractivity contribution < 1.29 is 59.2 Å². The zero-order chi connectivity index (χ0) is 51.3. The fourth-order valence-electron chi connectivity index (χ4n) is 10.7. The number of nitrogens with zero attached hydrogens (tertiary/aromatic N) is 6. The third-order valence-electron chi connectivity index (χ3n) is 14.1. The standard InChI is InChI=1S/C52H58F7N7O6/c1-29-41(52(57,58)59)38(21-39(42(29)55)64(25-30-8-14-35(68-5)15-9-30)26-31-10-16-36(69-6)17-11-31)44-43(56)45-40-46(63-48(62-45)70-28-51-18-7-19-65(51)27-32(54)22-51)60-24-34-13-12-33(20-37(23-53)71-47(40)61-44)66(34)49(67)72-50(2,3)4/h8-11,14-17,21,32-34,37H,7,12-13,18-20,22-28H2,1-6H3,(H,60,62,63)/t32-,33+,34-,37?,51+/m1/s1. The molecule has 3 aromatic carbocycles. The lowest BCUT2D eigenvalue weighted by molar-refractivity contribution is -0.137. The molecule has 4 aliphatic heterocycles.